The van der Waals surface area contributed by atoms with Crippen molar-refractivity contribution in [2.45, 2.75) is 38.6 Å². The molecule has 1 N–H and O–H groups in total. The van der Waals surface area contributed by atoms with Crippen LogP contribution in [-0.4, -0.2) is 21.1 Å². The summed E-state index contributed by atoms with van der Waals surface area (Å²) < 4.78 is 2.00. The fourth-order valence-electron chi connectivity index (χ4n) is 2.39. The van der Waals surface area contributed by atoms with Crippen molar-refractivity contribution in [3.63, 3.8) is 0 Å². The molecule has 2 aromatic rings. The first kappa shape index (κ1) is 10.7. The molecule has 1 aliphatic rings. The fraction of sp³-hybridized carbons (Fsp3) is 0.538. The molecule has 1 atom stereocenters. The van der Waals surface area contributed by atoms with Crippen molar-refractivity contribution >= 4 is 5.65 Å². The van der Waals surface area contributed by atoms with E-state index >= 15 is 0 Å². The SMILES string of the molecule is CC(C)c1nc2cccc(C3CCCN3)n2n1. The Bertz CT molecular complexity index is 523. The van der Waals surface area contributed by atoms with Gasteiger partial charge in [0.15, 0.2) is 11.5 Å². The van der Waals surface area contributed by atoms with Crippen molar-refractivity contribution < 1.29 is 0 Å². The van der Waals surface area contributed by atoms with Gasteiger partial charge in [-0.1, -0.05) is 19.9 Å². The predicted molar refractivity (Wildman–Crippen MR) is 67.1 cm³/mol. The van der Waals surface area contributed by atoms with Crippen LogP contribution in [-0.2, 0) is 0 Å². The van der Waals surface area contributed by atoms with Crippen LogP contribution in [0.25, 0.3) is 5.65 Å². The lowest BCUT2D eigenvalue weighted by Gasteiger charge is -2.11. The molecular weight excluding hydrogens is 212 g/mol. The number of nitrogens with one attached hydrogen (secondary N) is 1. The van der Waals surface area contributed by atoms with Crippen molar-refractivity contribution in [3.05, 3.63) is 29.7 Å². The first-order valence-electron chi connectivity index (χ1n) is 6.34. The highest BCUT2D eigenvalue weighted by atomic mass is 15.3. The maximum Gasteiger partial charge on any atom is 0.156 e. The molecule has 1 unspecified atom stereocenters. The molecule has 3 rings (SSSR count). The van der Waals surface area contributed by atoms with Crippen LogP contribution in [0.15, 0.2) is 18.2 Å². The minimum absolute atomic E-state index is 0.374. The number of nitrogens with zero attached hydrogens (tertiary/aromatic N) is 3. The lowest BCUT2D eigenvalue weighted by molar-refractivity contribution is 0.602. The second kappa shape index (κ2) is 4.11. The summed E-state index contributed by atoms with van der Waals surface area (Å²) in [6, 6.07) is 6.68. The van der Waals surface area contributed by atoms with E-state index < -0.39 is 0 Å². The molecule has 0 saturated carbocycles. The van der Waals surface area contributed by atoms with Gasteiger partial charge in [-0.2, -0.15) is 5.10 Å². The standard InChI is InChI=1S/C13H18N4/c1-9(2)13-15-12-7-3-6-11(17(12)16-13)10-5-4-8-14-10/h3,6-7,9-10,14H,4-5,8H2,1-2H3. The zero-order valence-electron chi connectivity index (χ0n) is 10.3. The van der Waals surface area contributed by atoms with E-state index in [1.807, 2.05) is 10.6 Å². The molecule has 3 heterocycles. The second-order valence-corrected chi connectivity index (χ2v) is 4.99. The van der Waals surface area contributed by atoms with Gasteiger partial charge in [-0.05, 0) is 31.5 Å². The van der Waals surface area contributed by atoms with Crippen LogP contribution in [0.1, 0.15) is 50.2 Å². The summed E-state index contributed by atoms with van der Waals surface area (Å²) in [5, 5.41) is 8.14. The predicted octanol–water partition coefficient (Wildman–Crippen LogP) is 2.28. The Balaban J connectivity index is 2.11. The first-order valence-corrected chi connectivity index (χ1v) is 6.34. The topological polar surface area (TPSA) is 42.2 Å². The molecule has 90 valence electrons. The number of hydrogen-bond donors (Lipinski definition) is 1. The first-order chi connectivity index (χ1) is 8.25. The Hall–Kier alpha value is -1.42. The van der Waals surface area contributed by atoms with Crippen LogP contribution in [0.4, 0.5) is 0 Å². The van der Waals surface area contributed by atoms with E-state index in [1.165, 1.54) is 18.5 Å². The van der Waals surface area contributed by atoms with Gasteiger partial charge in [0.2, 0.25) is 0 Å². The summed E-state index contributed by atoms with van der Waals surface area (Å²) in [6.07, 6.45) is 2.43. The van der Waals surface area contributed by atoms with Crippen molar-refractivity contribution in [3.8, 4) is 0 Å². The Morgan fingerprint density at radius 3 is 3.00 bits per heavy atom. The maximum atomic E-state index is 4.62. The Morgan fingerprint density at radius 2 is 2.29 bits per heavy atom. The zero-order valence-corrected chi connectivity index (χ0v) is 10.3. The molecule has 0 amide bonds. The van der Waals surface area contributed by atoms with E-state index in [2.05, 4.69) is 41.4 Å². The Kier molecular flexibility index (Phi) is 2.59. The van der Waals surface area contributed by atoms with Crippen LogP contribution in [0, 0.1) is 0 Å². The highest BCUT2D eigenvalue weighted by Gasteiger charge is 2.20. The summed E-state index contributed by atoms with van der Waals surface area (Å²) in [4.78, 5) is 4.57. The highest BCUT2D eigenvalue weighted by Crippen LogP contribution is 2.23. The van der Waals surface area contributed by atoms with Gasteiger partial charge in [0.1, 0.15) is 0 Å². The van der Waals surface area contributed by atoms with Gasteiger partial charge < -0.3 is 5.32 Å². The molecule has 0 aliphatic carbocycles. The molecule has 17 heavy (non-hydrogen) atoms. The molecule has 4 heteroatoms. The van der Waals surface area contributed by atoms with E-state index in [0.717, 1.165) is 18.0 Å². The zero-order chi connectivity index (χ0) is 11.8. The van der Waals surface area contributed by atoms with Crippen molar-refractivity contribution in [1.82, 2.24) is 19.9 Å². The van der Waals surface area contributed by atoms with Crippen LogP contribution >= 0.6 is 0 Å². The van der Waals surface area contributed by atoms with Crippen LogP contribution in [0.2, 0.25) is 0 Å². The third-order valence-corrected chi connectivity index (χ3v) is 3.34. The monoisotopic (exact) mass is 230 g/mol. The largest absolute Gasteiger partial charge is 0.309 e. The van der Waals surface area contributed by atoms with E-state index in [9.17, 15) is 0 Å². The third kappa shape index (κ3) is 1.82. The van der Waals surface area contributed by atoms with Gasteiger partial charge in [-0.25, -0.2) is 9.50 Å². The molecule has 0 spiro atoms. The molecule has 1 saturated heterocycles. The second-order valence-electron chi connectivity index (χ2n) is 4.99. The van der Waals surface area contributed by atoms with Crippen LogP contribution in [0.3, 0.4) is 0 Å². The summed E-state index contributed by atoms with van der Waals surface area (Å²) in [5.74, 6) is 1.30. The molecule has 0 aromatic carbocycles. The average molecular weight is 230 g/mol. The summed E-state index contributed by atoms with van der Waals surface area (Å²) in [7, 11) is 0. The van der Waals surface area contributed by atoms with Gasteiger partial charge in [0, 0.05) is 12.0 Å². The van der Waals surface area contributed by atoms with E-state index in [-0.39, 0.29) is 0 Å². The summed E-state index contributed by atoms with van der Waals surface area (Å²) in [5.41, 5.74) is 2.19. The van der Waals surface area contributed by atoms with Crippen LogP contribution in [0.5, 0.6) is 0 Å². The molecule has 2 aromatic heterocycles. The van der Waals surface area contributed by atoms with Crippen molar-refractivity contribution in [2.75, 3.05) is 6.54 Å². The molecular formula is C13H18N4. The maximum absolute atomic E-state index is 4.62. The molecule has 0 bridgehead atoms. The third-order valence-electron chi connectivity index (χ3n) is 3.34. The highest BCUT2D eigenvalue weighted by molar-refractivity contribution is 5.40. The van der Waals surface area contributed by atoms with Gasteiger partial charge in [-0.15, -0.1) is 0 Å². The molecule has 0 radical (unpaired) electrons. The lowest BCUT2D eigenvalue weighted by atomic mass is 10.1. The molecule has 4 nitrogen and oxygen atoms in total. The number of pyridine rings is 1. The number of rotatable bonds is 2. The van der Waals surface area contributed by atoms with Crippen molar-refractivity contribution in [2.24, 2.45) is 0 Å². The fourth-order valence-corrected chi connectivity index (χ4v) is 2.39. The van der Waals surface area contributed by atoms with Gasteiger partial charge >= 0.3 is 0 Å². The smallest absolute Gasteiger partial charge is 0.156 e. The van der Waals surface area contributed by atoms with E-state index in [0.29, 0.717) is 12.0 Å². The van der Waals surface area contributed by atoms with E-state index in [4.69, 9.17) is 0 Å². The minimum atomic E-state index is 0.374. The summed E-state index contributed by atoms with van der Waals surface area (Å²) >= 11 is 0. The van der Waals surface area contributed by atoms with Gasteiger partial charge in [0.05, 0.1) is 5.69 Å². The number of fused-ring (bicyclic) bond motifs is 1. The minimum Gasteiger partial charge on any atom is -0.309 e. The molecule has 1 fully saturated rings. The van der Waals surface area contributed by atoms with Crippen molar-refractivity contribution in [1.29, 1.82) is 0 Å². The van der Waals surface area contributed by atoms with E-state index in [1.54, 1.807) is 0 Å². The average Bonchev–Trinajstić information content (AvgIpc) is 2.97. The lowest BCUT2D eigenvalue weighted by Crippen LogP contribution is -2.16. The van der Waals surface area contributed by atoms with Crippen LogP contribution < -0.4 is 5.32 Å². The Morgan fingerprint density at radius 1 is 1.41 bits per heavy atom. The number of hydrogen-bond acceptors (Lipinski definition) is 3. The Labute approximate surface area is 101 Å². The molecule has 1 aliphatic heterocycles. The van der Waals surface area contributed by atoms with Gasteiger partial charge in [-0.3, -0.25) is 0 Å². The quantitative estimate of drug-likeness (QED) is 0.860. The summed E-state index contributed by atoms with van der Waals surface area (Å²) in [6.45, 7) is 5.36. The number of aromatic nitrogens is 3. The van der Waals surface area contributed by atoms with Gasteiger partial charge in [0.25, 0.3) is 0 Å². The normalized spacial score (nSPS) is 20.5.